The van der Waals surface area contributed by atoms with Gasteiger partial charge in [-0.15, -0.1) is 0 Å². The van der Waals surface area contributed by atoms with Gasteiger partial charge in [0.25, 0.3) is 5.91 Å². The molecule has 9 heteroatoms. The van der Waals surface area contributed by atoms with Crippen molar-refractivity contribution < 1.29 is 17.9 Å². The fourth-order valence-corrected chi connectivity index (χ4v) is 5.34. The van der Waals surface area contributed by atoms with Crippen molar-refractivity contribution in [2.24, 2.45) is 5.10 Å². The summed E-state index contributed by atoms with van der Waals surface area (Å²) in [5, 5.41) is 4.10. The van der Waals surface area contributed by atoms with Crippen LogP contribution in [0.4, 0.5) is 0 Å². The highest BCUT2D eigenvalue weighted by Crippen LogP contribution is 2.27. The molecule has 8 nitrogen and oxygen atoms in total. The Morgan fingerprint density at radius 3 is 2.47 bits per heavy atom. The molecule has 1 N–H and O–H groups in total. The van der Waals surface area contributed by atoms with E-state index in [-0.39, 0.29) is 10.5 Å². The average molecular weight is 483 g/mol. The van der Waals surface area contributed by atoms with Gasteiger partial charge in [0, 0.05) is 35.6 Å². The monoisotopic (exact) mass is 482 g/mol. The lowest BCUT2D eigenvalue weighted by Crippen LogP contribution is -2.30. The first-order chi connectivity index (χ1) is 16.2. The smallest absolute Gasteiger partial charge is 0.271 e. The molecule has 2 aromatic carbocycles. The molecule has 1 amide bonds. The summed E-state index contributed by atoms with van der Waals surface area (Å²) in [7, 11) is -2.03. The summed E-state index contributed by atoms with van der Waals surface area (Å²) >= 11 is 0. The summed E-state index contributed by atoms with van der Waals surface area (Å²) in [6, 6.07) is 15.7. The van der Waals surface area contributed by atoms with E-state index in [1.54, 1.807) is 39.3 Å². The first-order valence-electron chi connectivity index (χ1n) is 11.0. The van der Waals surface area contributed by atoms with Crippen molar-refractivity contribution in [3.05, 3.63) is 77.1 Å². The van der Waals surface area contributed by atoms with E-state index >= 15 is 0 Å². The van der Waals surface area contributed by atoms with Gasteiger partial charge in [-0.3, -0.25) is 4.79 Å². The second-order valence-electron chi connectivity index (χ2n) is 7.65. The number of hydrogen-bond acceptors (Lipinski definition) is 5. The van der Waals surface area contributed by atoms with E-state index in [1.165, 1.54) is 16.4 Å². The van der Waals surface area contributed by atoms with Gasteiger partial charge in [-0.05, 0) is 50.2 Å². The molecule has 0 saturated carbocycles. The summed E-state index contributed by atoms with van der Waals surface area (Å²) in [4.78, 5) is 12.7. The maximum absolute atomic E-state index is 12.8. The second-order valence-corrected chi connectivity index (χ2v) is 9.59. The molecular formula is C25H30N4O4S. The molecule has 0 atom stereocenters. The topological polar surface area (TPSA) is 93.0 Å². The lowest BCUT2D eigenvalue weighted by Gasteiger charge is -2.18. The lowest BCUT2D eigenvalue weighted by molar-refractivity contribution is 0.0955. The van der Waals surface area contributed by atoms with Crippen molar-refractivity contribution in [3.8, 4) is 11.4 Å². The van der Waals surface area contributed by atoms with E-state index in [1.807, 2.05) is 44.2 Å². The fourth-order valence-electron chi connectivity index (χ4n) is 3.84. The van der Waals surface area contributed by atoms with Crippen LogP contribution >= 0.6 is 0 Å². The molecule has 3 aromatic rings. The van der Waals surface area contributed by atoms with Gasteiger partial charge in [0.15, 0.2) is 0 Å². The molecule has 1 aromatic heterocycles. The number of amides is 1. The van der Waals surface area contributed by atoms with Crippen molar-refractivity contribution in [2.45, 2.75) is 32.6 Å². The van der Waals surface area contributed by atoms with Crippen LogP contribution < -0.4 is 10.2 Å². The Morgan fingerprint density at radius 2 is 1.79 bits per heavy atom. The number of nitrogens with one attached hydrogen (secondary N) is 1. The number of aromatic nitrogens is 1. The van der Waals surface area contributed by atoms with Gasteiger partial charge >= 0.3 is 0 Å². The van der Waals surface area contributed by atoms with E-state index in [0.29, 0.717) is 13.1 Å². The van der Waals surface area contributed by atoms with Crippen LogP contribution in [0.1, 0.15) is 41.2 Å². The largest absolute Gasteiger partial charge is 0.495 e. The number of ether oxygens (including phenoxy) is 1. The van der Waals surface area contributed by atoms with Crippen molar-refractivity contribution in [3.63, 3.8) is 0 Å². The molecule has 0 fully saturated rings. The maximum Gasteiger partial charge on any atom is 0.271 e. The Balaban J connectivity index is 1.80. The Hall–Kier alpha value is -3.43. The Morgan fingerprint density at radius 1 is 1.09 bits per heavy atom. The van der Waals surface area contributed by atoms with Gasteiger partial charge in [-0.2, -0.15) is 9.41 Å². The minimum Gasteiger partial charge on any atom is -0.495 e. The highest BCUT2D eigenvalue weighted by atomic mass is 32.2. The number of hydrogen-bond donors (Lipinski definition) is 1. The molecule has 0 radical (unpaired) electrons. The molecule has 180 valence electrons. The lowest BCUT2D eigenvalue weighted by atomic mass is 10.2. The fraction of sp³-hybridized carbons (Fsp3) is 0.280. The third kappa shape index (κ3) is 5.05. The Kier molecular flexibility index (Phi) is 7.90. The number of carbonyl (C=O) groups excluding carboxylic acids is 1. The van der Waals surface area contributed by atoms with E-state index in [2.05, 4.69) is 15.1 Å². The van der Waals surface area contributed by atoms with Gasteiger partial charge in [0.1, 0.15) is 5.75 Å². The number of rotatable bonds is 9. The zero-order chi connectivity index (χ0) is 24.9. The SMILES string of the molecule is CCN(CC)S(=O)(=O)c1cccc(C(=O)N/N=C/c2cc(C)n(-c3ccccc3OC)c2C)c1. The van der Waals surface area contributed by atoms with E-state index in [4.69, 9.17) is 4.74 Å². The first-order valence-corrected chi connectivity index (χ1v) is 12.4. The zero-order valence-corrected chi connectivity index (χ0v) is 20.9. The number of benzene rings is 2. The van der Waals surface area contributed by atoms with E-state index in [0.717, 1.165) is 28.4 Å². The van der Waals surface area contributed by atoms with Crippen LogP contribution in [0.2, 0.25) is 0 Å². The van der Waals surface area contributed by atoms with Gasteiger partial charge in [0.05, 0.1) is 23.9 Å². The molecule has 1 heterocycles. The number of methoxy groups -OCH3 is 1. The molecule has 0 aliphatic carbocycles. The van der Waals surface area contributed by atoms with Gasteiger partial charge in [-0.25, -0.2) is 13.8 Å². The molecule has 0 saturated heterocycles. The highest BCUT2D eigenvalue weighted by molar-refractivity contribution is 7.89. The summed E-state index contributed by atoms with van der Waals surface area (Å²) in [5.41, 5.74) is 6.38. The normalized spacial score (nSPS) is 11.8. The van der Waals surface area contributed by atoms with Gasteiger partial charge in [0.2, 0.25) is 10.0 Å². The van der Waals surface area contributed by atoms with Crippen molar-refractivity contribution in [1.82, 2.24) is 14.3 Å². The predicted octanol–water partition coefficient (Wildman–Crippen LogP) is 3.90. The maximum atomic E-state index is 12.8. The van der Waals surface area contributed by atoms with Crippen LogP contribution in [0.25, 0.3) is 5.69 Å². The van der Waals surface area contributed by atoms with Crippen molar-refractivity contribution in [2.75, 3.05) is 20.2 Å². The molecule has 0 aliphatic rings. The average Bonchev–Trinajstić information content (AvgIpc) is 3.12. The summed E-state index contributed by atoms with van der Waals surface area (Å²) < 4.78 is 34.4. The van der Waals surface area contributed by atoms with E-state index in [9.17, 15) is 13.2 Å². The number of sulfonamides is 1. The first kappa shape index (κ1) is 25.2. The van der Waals surface area contributed by atoms with Crippen LogP contribution in [0, 0.1) is 13.8 Å². The van der Waals surface area contributed by atoms with Crippen molar-refractivity contribution >= 4 is 22.1 Å². The quantitative estimate of drug-likeness (QED) is 0.370. The van der Waals surface area contributed by atoms with Crippen LogP contribution in [-0.4, -0.2) is 49.6 Å². The second kappa shape index (κ2) is 10.7. The minimum absolute atomic E-state index is 0.0770. The molecule has 0 bridgehead atoms. The zero-order valence-electron chi connectivity index (χ0n) is 20.1. The predicted molar refractivity (Wildman–Crippen MR) is 133 cm³/mol. The van der Waals surface area contributed by atoms with Gasteiger partial charge in [-0.1, -0.05) is 32.0 Å². The Labute approximate surface area is 200 Å². The number of hydrazone groups is 1. The van der Waals surface area contributed by atoms with Gasteiger partial charge < -0.3 is 9.30 Å². The summed E-state index contributed by atoms with van der Waals surface area (Å²) in [6.07, 6.45) is 1.57. The van der Waals surface area contributed by atoms with Crippen LogP contribution in [0.15, 0.2) is 64.6 Å². The highest BCUT2D eigenvalue weighted by Gasteiger charge is 2.22. The Bertz CT molecular complexity index is 1310. The number of carbonyl (C=O) groups is 1. The van der Waals surface area contributed by atoms with Crippen LogP contribution in [0.3, 0.4) is 0 Å². The summed E-state index contributed by atoms with van der Waals surface area (Å²) in [5.74, 6) is 0.257. The standard InChI is InChI=1S/C25H30N4O4S/c1-6-28(7-2)34(31,32)22-12-10-11-20(16-22)25(30)27-26-17-21-15-18(3)29(19(21)4)23-13-8-9-14-24(23)33-5/h8-17H,6-7H2,1-5H3,(H,27,30)/b26-17+. The molecule has 0 unspecified atom stereocenters. The molecular weight excluding hydrogens is 452 g/mol. The summed E-state index contributed by atoms with van der Waals surface area (Å²) in [6.45, 7) is 8.20. The number of nitrogens with zero attached hydrogens (tertiary/aromatic N) is 3. The third-order valence-corrected chi connectivity index (χ3v) is 7.65. The van der Waals surface area contributed by atoms with E-state index < -0.39 is 15.9 Å². The minimum atomic E-state index is -3.66. The van der Waals surface area contributed by atoms with Crippen LogP contribution in [0.5, 0.6) is 5.75 Å². The number of para-hydroxylation sites is 2. The third-order valence-electron chi connectivity index (χ3n) is 5.61. The van der Waals surface area contributed by atoms with Crippen LogP contribution in [-0.2, 0) is 10.0 Å². The molecule has 0 spiro atoms. The van der Waals surface area contributed by atoms with Crippen molar-refractivity contribution in [1.29, 1.82) is 0 Å². The molecule has 0 aliphatic heterocycles. The molecule has 3 rings (SSSR count). The number of aryl methyl sites for hydroxylation is 1. The molecule has 34 heavy (non-hydrogen) atoms.